The number of hydrogen-bond acceptors (Lipinski definition) is 0. The average molecular weight is 144 g/mol. The topological polar surface area (TPSA) is 30.0 Å². The third-order valence-corrected chi connectivity index (χ3v) is 1.59. The zero-order valence-electron chi connectivity index (χ0n) is 5.99. The van der Waals surface area contributed by atoms with E-state index < -0.39 is 0 Å². The first-order chi connectivity index (χ1) is 4.97. The molecule has 0 bridgehead atoms. The molecule has 0 aliphatic heterocycles. The van der Waals surface area contributed by atoms with Crippen molar-refractivity contribution in [2.24, 2.45) is 0 Å². The van der Waals surface area contributed by atoms with Crippen molar-refractivity contribution in [3.63, 3.8) is 0 Å². The predicted octanol–water partition coefficient (Wildman–Crippen LogP) is 2.46. The number of benzene rings is 2. The van der Waals surface area contributed by atoms with Gasteiger partial charge in [0.25, 0.3) is 0 Å². The van der Waals surface area contributed by atoms with Crippen molar-refractivity contribution in [3.8, 4) is 0 Å². The molecule has 0 aliphatic rings. The first-order valence-corrected chi connectivity index (χ1v) is 3.32. The van der Waals surface area contributed by atoms with Gasteiger partial charge in [-0.05, 0) is 22.9 Å². The Bertz CT molecular complexity index is 276. The van der Waals surface area contributed by atoms with E-state index >= 15 is 0 Å². The Kier molecular flexibility index (Phi) is 2.24. The van der Waals surface area contributed by atoms with Crippen molar-refractivity contribution in [1.82, 2.24) is 0 Å². The second-order valence-electron chi connectivity index (χ2n) is 2.27. The van der Waals surface area contributed by atoms with Crippen LogP contribution in [-0.2, 0) is 0 Å². The molecule has 0 spiro atoms. The molecular formula is C10H8O. The number of hydrogen-bond donors (Lipinski definition) is 1. The van der Waals surface area contributed by atoms with Crippen LogP contribution < -0.4 is 0 Å². The van der Waals surface area contributed by atoms with Crippen molar-refractivity contribution in [2.45, 2.75) is 0 Å². The Morgan fingerprint density at radius 3 is 2.36 bits per heavy atom. The Balaban J connectivity index is 0.000000605. The molecule has 1 N–H and O–H groups in total. The summed E-state index contributed by atoms with van der Waals surface area (Å²) in [5, 5.41) is 2.53. The van der Waals surface area contributed by atoms with Crippen LogP contribution >= 0.6 is 0 Å². The molecule has 0 aromatic heterocycles. The normalized spacial score (nSPS) is 9.09. The lowest BCUT2D eigenvalue weighted by Gasteiger charge is -1.92. The maximum absolute atomic E-state index is 3.04. The molecule has 2 aromatic carbocycles. The molecule has 2 aromatic rings. The first-order valence-electron chi connectivity index (χ1n) is 3.32. The molecule has 0 saturated carbocycles. The van der Waals surface area contributed by atoms with Gasteiger partial charge in [-0.15, -0.1) is 0 Å². The van der Waals surface area contributed by atoms with Crippen LogP contribution in [0.5, 0.6) is 0 Å². The minimum absolute atomic E-state index is 0. The zero-order chi connectivity index (χ0) is 6.81. The molecule has 0 unspecified atom stereocenters. The van der Waals surface area contributed by atoms with Gasteiger partial charge in [0.05, 0.1) is 0 Å². The van der Waals surface area contributed by atoms with Crippen LogP contribution in [-0.4, -0.2) is 5.48 Å². The van der Waals surface area contributed by atoms with Crippen LogP contribution in [0.25, 0.3) is 10.8 Å². The summed E-state index contributed by atoms with van der Waals surface area (Å²) in [5.74, 6) is 0. The van der Waals surface area contributed by atoms with Crippen LogP contribution in [0.1, 0.15) is 0 Å². The van der Waals surface area contributed by atoms with Gasteiger partial charge in [-0.25, -0.2) is 0 Å². The molecule has 54 valence electrons. The summed E-state index contributed by atoms with van der Waals surface area (Å²) < 4.78 is 0. The standard InChI is InChI=1S/C10H7.HO/c1-2-6-10-8-4-3-7-9(10)5-1;/h1-3,5-8H;1H. The van der Waals surface area contributed by atoms with E-state index in [1.165, 1.54) is 10.8 Å². The second-order valence-corrected chi connectivity index (χ2v) is 2.27. The summed E-state index contributed by atoms with van der Waals surface area (Å²) in [7, 11) is 0. The quantitative estimate of drug-likeness (QED) is 0.588. The van der Waals surface area contributed by atoms with Gasteiger partial charge >= 0.3 is 0 Å². The van der Waals surface area contributed by atoms with Crippen LogP contribution in [0.4, 0.5) is 0 Å². The molecule has 0 atom stereocenters. The van der Waals surface area contributed by atoms with E-state index in [0.29, 0.717) is 0 Å². The number of rotatable bonds is 0. The molecule has 11 heavy (non-hydrogen) atoms. The molecule has 2 rings (SSSR count). The van der Waals surface area contributed by atoms with Crippen LogP contribution in [0.3, 0.4) is 0 Å². The number of fused-ring (bicyclic) bond motifs is 1. The van der Waals surface area contributed by atoms with Gasteiger partial charge in [0, 0.05) is 0 Å². The minimum atomic E-state index is 0. The van der Waals surface area contributed by atoms with E-state index in [2.05, 4.69) is 24.3 Å². The summed E-state index contributed by atoms with van der Waals surface area (Å²) in [6.45, 7) is 0. The highest BCUT2D eigenvalue weighted by molar-refractivity contribution is 5.81. The summed E-state index contributed by atoms with van der Waals surface area (Å²) >= 11 is 0. The highest BCUT2D eigenvalue weighted by Gasteiger charge is 1.85. The lowest BCUT2D eigenvalue weighted by atomic mass is 10.1. The third-order valence-electron chi connectivity index (χ3n) is 1.59. The van der Waals surface area contributed by atoms with Gasteiger partial charge in [-0.1, -0.05) is 36.4 Å². The van der Waals surface area contributed by atoms with Gasteiger partial charge in [0.1, 0.15) is 0 Å². The Morgan fingerprint density at radius 1 is 0.909 bits per heavy atom. The summed E-state index contributed by atoms with van der Waals surface area (Å²) in [6, 6.07) is 17.3. The monoisotopic (exact) mass is 144 g/mol. The van der Waals surface area contributed by atoms with Crippen molar-refractivity contribution in [2.75, 3.05) is 0 Å². The van der Waals surface area contributed by atoms with Crippen molar-refractivity contribution >= 4 is 10.8 Å². The van der Waals surface area contributed by atoms with Crippen LogP contribution in [0.15, 0.2) is 42.5 Å². The third kappa shape index (κ3) is 1.38. The van der Waals surface area contributed by atoms with E-state index in [-0.39, 0.29) is 5.48 Å². The fourth-order valence-corrected chi connectivity index (χ4v) is 1.07. The highest BCUT2D eigenvalue weighted by atomic mass is 16.0. The van der Waals surface area contributed by atoms with E-state index in [9.17, 15) is 0 Å². The first kappa shape index (κ1) is 7.76. The van der Waals surface area contributed by atoms with Gasteiger partial charge < -0.3 is 0 Å². The maximum atomic E-state index is 3.04. The van der Waals surface area contributed by atoms with E-state index in [4.69, 9.17) is 0 Å². The minimum Gasteiger partial charge on any atom is -0.255 e. The smallest absolute Gasteiger partial charge is 0.0177 e. The van der Waals surface area contributed by atoms with Crippen molar-refractivity contribution < 1.29 is 5.48 Å². The second kappa shape index (κ2) is 3.17. The fraction of sp³-hybridized carbons (Fsp3) is 0. The molecule has 2 radical (unpaired) electrons. The maximum Gasteiger partial charge on any atom is -0.0177 e. The van der Waals surface area contributed by atoms with Gasteiger partial charge in [-0.2, -0.15) is 0 Å². The van der Waals surface area contributed by atoms with E-state index in [0.717, 1.165) is 0 Å². The lowest BCUT2D eigenvalue weighted by molar-refractivity contribution is 0.824. The van der Waals surface area contributed by atoms with Crippen LogP contribution in [0, 0.1) is 6.07 Å². The average Bonchev–Trinajstić information content (AvgIpc) is 2.05. The fourth-order valence-electron chi connectivity index (χ4n) is 1.07. The summed E-state index contributed by atoms with van der Waals surface area (Å²) in [5.41, 5.74) is 0. The highest BCUT2D eigenvalue weighted by Crippen LogP contribution is 2.10. The molecule has 0 heterocycles. The molecule has 0 aliphatic carbocycles. The molecular weight excluding hydrogens is 136 g/mol. The Morgan fingerprint density at radius 2 is 1.64 bits per heavy atom. The van der Waals surface area contributed by atoms with Gasteiger partial charge in [-0.3, -0.25) is 5.48 Å². The van der Waals surface area contributed by atoms with Crippen LogP contribution in [0.2, 0.25) is 0 Å². The summed E-state index contributed by atoms with van der Waals surface area (Å²) in [4.78, 5) is 0. The molecule has 0 fully saturated rings. The van der Waals surface area contributed by atoms with E-state index in [1.807, 2.05) is 24.3 Å². The largest absolute Gasteiger partial charge is 0.255 e. The molecule has 1 nitrogen and oxygen atoms in total. The van der Waals surface area contributed by atoms with Crippen molar-refractivity contribution in [3.05, 3.63) is 48.5 Å². The van der Waals surface area contributed by atoms with Crippen molar-refractivity contribution in [1.29, 1.82) is 0 Å². The zero-order valence-corrected chi connectivity index (χ0v) is 5.99. The SMILES string of the molecule is [OH].[c]1ccc2ccccc2c1. The summed E-state index contributed by atoms with van der Waals surface area (Å²) in [6.07, 6.45) is 0. The predicted molar refractivity (Wildman–Crippen MR) is 44.7 cm³/mol. The van der Waals surface area contributed by atoms with Gasteiger partial charge in [0.15, 0.2) is 0 Å². The molecule has 1 heteroatoms. The molecule has 0 saturated heterocycles. The van der Waals surface area contributed by atoms with Gasteiger partial charge in [0.2, 0.25) is 0 Å². The Labute approximate surface area is 65.6 Å². The molecule has 0 amide bonds. The van der Waals surface area contributed by atoms with E-state index in [1.54, 1.807) is 0 Å². The Hall–Kier alpha value is -1.34. The lowest BCUT2D eigenvalue weighted by Crippen LogP contribution is -1.67.